The summed E-state index contributed by atoms with van der Waals surface area (Å²) in [6.45, 7) is 0. The van der Waals surface area contributed by atoms with Crippen molar-refractivity contribution in [2.24, 2.45) is 5.10 Å². The van der Waals surface area contributed by atoms with Crippen molar-refractivity contribution < 1.29 is 9.53 Å². The Labute approximate surface area is 182 Å². The lowest BCUT2D eigenvalue weighted by molar-refractivity contribution is 0.0735. The van der Waals surface area contributed by atoms with E-state index in [2.05, 4.69) is 15.5 Å². The Kier molecular flexibility index (Phi) is 6.17. The highest BCUT2D eigenvalue weighted by molar-refractivity contribution is 7.14. The molecule has 0 aliphatic rings. The monoisotopic (exact) mass is 433 g/mol. The number of esters is 1. The summed E-state index contributed by atoms with van der Waals surface area (Å²) in [5.74, 6) is -0.0175. The van der Waals surface area contributed by atoms with E-state index in [4.69, 9.17) is 16.3 Å². The summed E-state index contributed by atoms with van der Waals surface area (Å²) >= 11 is 7.39. The summed E-state index contributed by atoms with van der Waals surface area (Å²) in [6, 6.07) is 23.6. The molecule has 1 aromatic heterocycles. The minimum Gasteiger partial charge on any atom is -0.423 e. The first-order valence-electron chi connectivity index (χ1n) is 9.05. The Morgan fingerprint density at radius 1 is 1.03 bits per heavy atom. The van der Waals surface area contributed by atoms with Crippen LogP contribution in [0.2, 0.25) is 5.02 Å². The van der Waals surface area contributed by atoms with Crippen LogP contribution in [0, 0.1) is 0 Å². The summed E-state index contributed by atoms with van der Waals surface area (Å²) in [5, 5.41) is 7.39. The van der Waals surface area contributed by atoms with Gasteiger partial charge in [-0.05, 0) is 48.0 Å². The highest BCUT2D eigenvalue weighted by Gasteiger charge is 2.09. The maximum absolute atomic E-state index is 12.2. The standard InChI is InChI=1S/C23H16ClN3O2S/c24-19-8-4-7-18(13-19)22(28)29-20-11-9-16(10-12-20)14-25-27-23-26-21(15-30-23)17-5-2-1-3-6-17/h1-15H,(H,26,27)/b25-14+. The first-order valence-corrected chi connectivity index (χ1v) is 10.3. The first kappa shape index (κ1) is 19.8. The van der Waals surface area contributed by atoms with Crippen molar-refractivity contribution in [2.45, 2.75) is 0 Å². The third kappa shape index (κ3) is 5.11. The van der Waals surface area contributed by atoms with Crippen molar-refractivity contribution in [3.05, 3.63) is 100 Å². The topological polar surface area (TPSA) is 63.6 Å². The van der Waals surface area contributed by atoms with E-state index in [9.17, 15) is 4.79 Å². The average Bonchev–Trinajstić information content (AvgIpc) is 3.24. The van der Waals surface area contributed by atoms with Gasteiger partial charge in [0, 0.05) is 16.0 Å². The van der Waals surface area contributed by atoms with E-state index in [0.29, 0.717) is 21.5 Å². The van der Waals surface area contributed by atoms with E-state index >= 15 is 0 Å². The van der Waals surface area contributed by atoms with Gasteiger partial charge < -0.3 is 4.74 Å². The van der Waals surface area contributed by atoms with Crippen LogP contribution in [0.5, 0.6) is 5.75 Å². The van der Waals surface area contributed by atoms with Crippen molar-refractivity contribution in [3.63, 3.8) is 0 Å². The van der Waals surface area contributed by atoms with Crippen LogP contribution in [-0.4, -0.2) is 17.2 Å². The maximum atomic E-state index is 12.2. The van der Waals surface area contributed by atoms with Gasteiger partial charge in [-0.15, -0.1) is 11.3 Å². The van der Waals surface area contributed by atoms with Crippen molar-refractivity contribution >= 4 is 40.3 Å². The van der Waals surface area contributed by atoms with Crippen LogP contribution < -0.4 is 10.2 Å². The molecule has 1 heterocycles. The van der Waals surface area contributed by atoms with Crippen molar-refractivity contribution in [3.8, 4) is 17.0 Å². The molecule has 0 saturated carbocycles. The Balaban J connectivity index is 1.34. The Morgan fingerprint density at radius 3 is 2.60 bits per heavy atom. The van der Waals surface area contributed by atoms with Crippen molar-refractivity contribution in [1.82, 2.24) is 4.98 Å². The smallest absolute Gasteiger partial charge is 0.343 e. The number of nitrogens with one attached hydrogen (secondary N) is 1. The number of nitrogens with zero attached hydrogens (tertiary/aromatic N) is 2. The molecule has 0 aliphatic carbocycles. The zero-order valence-electron chi connectivity index (χ0n) is 15.7. The molecule has 0 bridgehead atoms. The van der Waals surface area contributed by atoms with E-state index in [1.54, 1.807) is 42.6 Å². The molecular formula is C23H16ClN3O2S. The number of thiazole rings is 1. The summed E-state index contributed by atoms with van der Waals surface area (Å²) in [4.78, 5) is 16.7. The number of anilines is 1. The molecule has 0 atom stereocenters. The van der Waals surface area contributed by atoms with Crippen LogP contribution in [-0.2, 0) is 0 Å². The summed E-state index contributed by atoms with van der Waals surface area (Å²) in [5.41, 5.74) is 6.16. The third-order valence-corrected chi connectivity index (χ3v) is 5.08. The molecule has 4 aromatic rings. The summed E-state index contributed by atoms with van der Waals surface area (Å²) in [6.07, 6.45) is 1.67. The second-order valence-corrected chi connectivity index (χ2v) is 7.54. The van der Waals surface area contributed by atoms with Crippen LogP contribution in [0.1, 0.15) is 15.9 Å². The maximum Gasteiger partial charge on any atom is 0.343 e. The number of hydrazone groups is 1. The normalized spacial score (nSPS) is 10.8. The lowest BCUT2D eigenvalue weighted by Crippen LogP contribution is -2.08. The summed E-state index contributed by atoms with van der Waals surface area (Å²) in [7, 11) is 0. The highest BCUT2D eigenvalue weighted by atomic mass is 35.5. The van der Waals surface area contributed by atoms with Gasteiger partial charge in [0.05, 0.1) is 17.5 Å². The lowest BCUT2D eigenvalue weighted by atomic mass is 10.2. The minimum absolute atomic E-state index is 0.399. The van der Waals surface area contributed by atoms with Gasteiger partial charge >= 0.3 is 5.97 Å². The number of carbonyl (C=O) groups is 1. The molecular weight excluding hydrogens is 418 g/mol. The molecule has 4 rings (SSSR count). The number of rotatable bonds is 6. The van der Waals surface area contributed by atoms with E-state index in [1.807, 2.05) is 47.8 Å². The average molecular weight is 434 g/mol. The van der Waals surface area contributed by atoms with Crippen LogP contribution in [0.25, 0.3) is 11.3 Å². The first-order chi connectivity index (χ1) is 14.7. The molecule has 0 aliphatic heterocycles. The molecule has 0 spiro atoms. The molecule has 7 heteroatoms. The van der Waals surface area contributed by atoms with Gasteiger partial charge in [-0.1, -0.05) is 48.0 Å². The van der Waals surface area contributed by atoms with Gasteiger partial charge in [-0.2, -0.15) is 5.10 Å². The highest BCUT2D eigenvalue weighted by Crippen LogP contribution is 2.24. The number of aromatic nitrogens is 1. The van der Waals surface area contributed by atoms with Gasteiger partial charge in [0.15, 0.2) is 0 Å². The van der Waals surface area contributed by atoms with E-state index in [0.717, 1.165) is 16.8 Å². The molecule has 0 amide bonds. The fraction of sp³-hybridized carbons (Fsp3) is 0. The number of carbonyl (C=O) groups excluding carboxylic acids is 1. The second-order valence-electron chi connectivity index (χ2n) is 6.24. The fourth-order valence-electron chi connectivity index (χ4n) is 2.63. The Morgan fingerprint density at radius 2 is 1.83 bits per heavy atom. The van der Waals surface area contributed by atoms with Gasteiger partial charge in [-0.3, -0.25) is 5.43 Å². The molecule has 5 nitrogen and oxygen atoms in total. The molecule has 148 valence electrons. The van der Waals surface area contributed by atoms with Crippen LogP contribution in [0.4, 0.5) is 5.13 Å². The van der Waals surface area contributed by atoms with Crippen molar-refractivity contribution in [2.75, 3.05) is 5.43 Å². The van der Waals surface area contributed by atoms with E-state index in [1.165, 1.54) is 11.3 Å². The van der Waals surface area contributed by atoms with Crippen LogP contribution in [0.15, 0.2) is 89.3 Å². The second kappa shape index (κ2) is 9.35. The molecule has 1 N–H and O–H groups in total. The number of halogens is 1. The number of hydrogen-bond acceptors (Lipinski definition) is 6. The lowest BCUT2D eigenvalue weighted by Gasteiger charge is -2.05. The zero-order valence-corrected chi connectivity index (χ0v) is 17.2. The SMILES string of the molecule is O=C(Oc1ccc(/C=N/Nc2nc(-c3ccccc3)cs2)cc1)c1cccc(Cl)c1. The predicted molar refractivity (Wildman–Crippen MR) is 122 cm³/mol. The molecule has 0 saturated heterocycles. The minimum atomic E-state index is -0.460. The fourth-order valence-corrected chi connectivity index (χ4v) is 3.49. The number of benzene rings is 3. The third-order valence-electron chi connectivity index (χ3n) is 4.10. The quantitative estimate of drug-likeness (QED) is 0.172. The van der Waals surface area contributed by atoms with E-state index < -0.39 is 5.97 Å². The van der Waals surface area contributed by atoms with Gasteiger partial charge in [0.2, 0.25) is 5.13 Å². The molecule has 30 heavy (non-hydrogen) atoms. The van der Waals surface area contributed by atoms with Crippen molar-refractivity contribution in [1.29, 1.82) is 0 Å². The molecule has 0 unspecified atom stereocenters. The molecule has 0 fully saturated rings. The number of hydrogen-bond donors (Lipinski definition) is 1. The Bertz CT molecular complexity index is 1170. The number of ether oxygens (including phenoxy) is 1. The summed E-state index contributed by atoms with van der Waals surface area (Å²) < 4.78 is 5.36. The van der Waals surface area contributed by atoms with Gasteiger partial charge in [-0.25, -0.2) is 9.78 Å². The van der Waals surface area contributed by atoms with Crippen LogP contribution in [0.3, 0.4) is 0 Å². The van der Waals surface area contributed by atoms with Crippen LogP contribution >= 0.6 is 22.9 Å². The largest absolute Gasteiger partial charge is 0.423 e. The van der Waals surface area contributed by atoms with Gasteiger partial charge in [0.25, 0.3) is 0 Å². The zero-order chi connectivity index (χ0) is 20.8. The molecule has 0 radical (unpaired) electrons. The molecule has 3 aromatic carbocycles. The predicted octanol–water partition coefficient (Wildman–Crippen LogP) is 6.13. The Hall–Kier alpha value is -3.48. The van der Waals surface area contributed by atoms with E-state index in [-0.39, 0.29) is 0 Å². The van der Waals surface area contributed by atoms with Gasteiger partial charge in [0.1, 0.15) is 5.75 Å².